The lowest BCUT2D eigenvalue weighted by Crippen LogP contribution is -2.45. The van der Waals surface area contributed by atoms with Crippen molar-refractivity contribution < 1.29 is 24.5 Å². The summed E-state index contributed by atoms with van der Waals surface area (Å²) in [6, 6.07) is -0.540. The van der Waals surface area contributed by atoms with Gasteiger partial charge in [-0.05, 0) is 89.9 Å². The van der Waals surface area contributed by atoms with Crippen molar-refractivity contribution >= 4 is 11.9 Å². The minimum atomic E-state index is -0.663. The molecule has 0 fully saturated rings. The molecule has 82 heavy (non-hydrogen) atoms. The van der Waals surface area contributed by atoms with Gasteiger partial charge in [0, 0.05) is 12.8 Å². The number of hydrogen-bond acceptors (Lipinski definition) is 5. The minimum Gasteiger partial charge on any atom is -0.466 e. The number of esters is 1. The van der Waals surface area contributed by atoms with E-state index in [9.17, 15) is 19.8 Å². The van der Waals surface area contributed by atoms with Crippen LogP contribution in [0.5, 0.6) is 0 Å². The number of nitrogens with one attached hydrogen (secondary N) is 1. The molecule has 1 amide bonds. The number of carbonyl (C=O) groups excluding carboxylic acids is 2. The van der Waals surface area contributed by atoms with Crippen LogP contribution in [0.15, 0.2) is 48.6 Å². The van der Waals surface area contributed by atoms with Gasteiger partial charge < -0.3 is 20.3 Å². The third kappa shape index (κ3) is 67.0. The van der Waals surface area contributed by atoms with Crippen molar-refractivity contribution in [3.05, 3.63) is 48.6 Å². The Bertz CT molecular complexity index is 1370. The maximum absolute atomic E-state index is 12.5. The van der Waals surface area contributed by atoms with E-state index in [0.29, 0.717) is 25.9 Å². The quantitative estimate of drug-likeness (QED) is 0.0320. The van der Waals surface area contributed by atoms with Crippen molar-refractivity contribution in [3.8, 4) is 0 Å². The van der Waals surface area contributed by atoms with E-state index in [2.05, 4.69) is 67.8 Å². The maximum Gasteiger partial charge on any atom is 0.305 e. The summed E-state index contributed by atoms with van der Waals surface area (Å²) >= 11 is 0. The van der Waals surface area contributed by atoms with E-state index in [1.54, 1.807) is 0 Å². The summed E-state index contributed by atoms with van der Waals surface area (Å²) in [4.78, 5) is 24.6. The number of unbranched alkanes of at least 4 members (excludes halogenated alkanes) is 50. The molecule has 0 aliphatic rings. The van der Waals surface area contributed by atoms with E-state index in [4.69, 9.17) is 4.74 Å². The fourth-order valence-electron chi connectivity index (χ4n) is 11.5. The minimum absolute atomic E-state index is 0.00662. The third-order valence-electron chi connectivity index (χ3n) is 17.1. The zero-order valence-corrected chi connectivity index (χ0v) is 55.2. The number of aliphatic hydroxyl groups is 2. The molecule has 6 nitrogen and oxygen atoms in total. The number of rotatable bonds is 69. The van der Waals surface area contributed by atoms with Gasteiger partial charge in [-0.25, -0.2) is 0 Å². The molecule has 0 rings (SSSR count). The van der Waals surface area contributed by atoms with Crippen LogP contribution >= 0.6 is 0 Å². The first-order valence-electron chi connectivity index (χ1n) is 36.9. The molecule has 6 heteroatoms. The molecule has 0 aromatic rings. The smallest absolute Gasteiger partial charge is 0.305 e. The highest BCUT2D eigenvalue weighted by Gasteiger charge is 2.20. The Morgan fingerprint density at radius 2 is 0.610 bits per heavy atom. The molecule has 0 aliphatic heterocycles. The zero-order chi connectivity index (χ0) is 59.2. The van der Waals surface area contributed by atoms with Crippen molar-refractivity contribution in [2.45, 2.75) is 411 Å². The van der Waals surface area contributed by atoms with E-state index in [0.717, 1.165) is 57.8 Å². The van der Waals surface area contributed by atoms with E-state index in [1.807, 2.05) is 0 Å². The summed E-state index contributed by atoms with van der Waals surface area (Å²) in [5, 5.41) is 23.3. The molecule has 0 aromatic carbocycles. The van der Waals surface area contributed by atoms with Crippen LogP contribution in [0.4, 0.5) is 0 Å². The number of ether oxygens (including phenoxy) is 1. The second-order valence-electron chi connectivity index (χ2n) is 25.3. The summed E-state index contributed by atoms with van der Waals surface area (Å²) in [7, 11) is 0. The van der Waals surface area contributed by atoms with Gasteiger partial charge in [0.2, 0.25) is 5.91 Å². The van der Waals surface area contributed by atoms with Crippen LogP contribution in [-0.2, 0) is 14.3 Å². The second-order valence-corrected chi connectivity index (χ2v) is 25.3. The largest absolute Gasteiger partial charge is 0.466 e. The molecule has 0 aliphatic carbocycles. The van der Waals surface area contributed by atoms with Gasteiger partial charge in [-0.1, -0.05) is 345 Å². The maximum atomic E-state index is 12.5. The van der Waals surface area contributed by atoms with E-state index < -0.39 is 12.1 Å². The number of hydrogen-bond donors (Lipinski definition) is 3. The molecule has 0 bridgehead atoms. The van der Waals surface area contributed by atoms with E-state index >= 15 is 0 Å². The summed E-state index contributed by atoms with van der Waals surface area (Å²) < 4.78 is 5.50. The highest BCUT2D eigenvalue weighted by molar-refractivity contribution is 5.76. The highest BCUT2D eigenvalue weighted by Crippen LogP contribution is 2.19. The predicted octanol–water partition coefficient (Wildman–Crippen LogP) is 24.0. The number of aliphatic hydroxyl groups excluding tert-OH is 2. The zero-order valence-electron chi connectivity index (χ0n) is 55.2. The standard InChI is InChI=1S/C76H143NO5/c1-3-5-7-9-11-13-15-17-19-37-42-46-50-54-58-62-66-70-76(81)82-71-67-63-59-55-51-47-43-39-36-34-32-30-28-26-24-22-20-21-23-25-27-29-31-33-35-38-41-45-49-53-57-61-65-69-75(80)77-73(72-78)74(79)68-64-60-56-52-48-44-40-18-16-14-12-10-8-6-4-2/h11,13,17,19,24,26,30,32,73-74,78-79H,3-10,12,14-16,18,20-23,25,27-29,31,33-72H2,1-2H3,(H,77,80)/b13-11-,19-17-,26-24-,32-30-. The SMILES string of the molecule is CCCCC/C=C\C/C=C\CCCCCCCCCC(=O)OCCCCCCCCCCC/C=C\C/C=C\CCCCCCCCCCCCCCCCCCCC(=O)NC(CO)C(O)CCCCCCCCCCCCCCCCC. The van der Waals surface area contributed by atoms with Gasteiger partial charge >= 0.3 is 5.97 Å². The Morgan fingerprint density at radius 3 is 0.951 bits per heavy atom. The molecule has 0 saturated heterocycles. The number of allylic oxidation sites excluding steroid dienone is 8. The van der Waals surface area contributed by atoms with Crippen molar-refractivity contribution in [1.29, 1.82) is 0 Å². The third-order valence-corrected chi connectivity index (χ3v) is 17.1. The monoisotopic (exact) mass is 1150 g/mol. The van der Waals surface area contributed by atoms with Crippen LogP contribution in [-0.4, -0.2) is 47.4 Å². The first-order chi connectivity index (χ1) is 40.5. The molecule has 0 aromatic heterocycles. The van der Waals surface area contributed by atoms with Gasteiger partial charge in [-0.2, -0.15) is 0 Å². The van der Waals surface area contributed by atoms with Gasteiger partial charge in [-0.3, -0.25) is 9.59 Å². The molecule has 0 radical (unpaired) electrons. The van der Waals surface area contributed by atoms with Crippen LogP contribution < -0.4 is 5.32 Å². The van der Waals surface area contributed by atoms with Crippen molar-refractivity contribution in [3.63, 3.8) is 0 Å². The molecule has 0 spiro atoms. The van der Waals surface area contributed by atoms with Gasteiger partial charge in [0.15, 0.2) is 0 Å². The molecular weight excluding hydrogens is 1010 g/mol. The van der Waals surface area contributed by atoms with Crippen molar-refractivity contribution in [2.75, 3.05) is 13.2 Å². The van der Waals surface area contributed by atoms with E-state index in [-0.39, 0.29) is 18.5 Å². The molecule has 2 atom stereocenters. The van der Waals surface area contributed by atoms with Gasteiger partial charge in [-0.15, -0.1) is 0 Å². The molecule has 0 heterocycles. The average molecular weight is 1150 g/mol. The molecule has 2 unspecified atom stereocenters. The van der Waals surface area contributed by atoms with Crippen LogP contribution in [0.3, 0.4) is 0 Å². The van der Waals surface area contributed by atoms with Gasteiger partial charge in [0.1, 0.15) is 0 Å². The van der Waals surface area contributed by atoms with E-state index in [1.165, 1.54) is 308 Å². The van der Waals surface area contributed by atoms with Gasteiger partial charge in [0.25, 0.3) is 0 Å². The fraction of sp³-hybridized carbons (Fsp3) is 0.868. The van der Waals surface area contributed by atoms with Crippen LogP contribution in [0.25, 0.3) is 0 Å². The number of carbonyl (C=O) groups is 2. The van der Waals surface area contributed by atoms with Gasteiger partial charge in [0.05, 0.1) is 25.4 Å². The lowest BCUT2D eigenvalue weighted by Gasteiger charge is -2.22. The van der Waals surface area contributed by atoms with Crippen LogP contribution in [0.1, 0.15) is 399 Å². The lowest BCUT2D eigenvalue weighted by atomic mass is 10.0. The Morgan fingerprint density at radius 1 is 0.341 bits per heavy atom. The first kappa shape index (κ1) is 79.8. The Balaban J connectivity index is 3.37. The normalized spacial score (nSPS) is 12.8. The summed E-state index contributed by atoms with van der Waals surface area (Å²) in [6.45, 7) is 4.95. The molecule has 482 valence electrons. The van der Waals surface area contributed by atoms with Crippen LogP contribution in [0, 0.1) is 0 Å². The second kappa shape index (κ2) is 71.3. The molecule has 3 N–H and O–H groups in total. The summed E-state index contributed by atoms with van der Waals surface area (Å²) in [5.74, 6) is -0.0240. The van der Waals surface area contributed by atoms with Crippen molar-refractivity contribution in [2.24, 2.45) is 0 Å². The van der Waals surface area contributed by atoms with Crippen LogP contribution in [0.2, 0.25) is 0 Å². The Kier molecular flexibility index (Phi) is 69.4. The van der Waals surface area contributed by atoms with Crippen molar-refractivity contribution in [1.82, 2.24) is 5.32 Å². The average Bonchev–Trinajstić information content (AvgIpc) is 3.48. The number of amides is 1. The fourth-order valence-corrected chi connectivity index (χ4v) is 11.5. The topological polar surface area (TPSA) is 95.9 Å². The highest BCUT2D eigenvalue weighted by atomic mass is 16.5. The molecule has 0 saturated carbocycles. The summed E-state index contributed by atoms with van der Waals surface area (Å²) in [5.41, 5.74) is 0. The Labute approximate surface area is 512 Å². The lowest BCUT2D eigenvalue weighted by molar-refractivity contribution is -0.143. The Hall–Kier alpha value is -2.18. The predicted molar refractivity (Wildman–Crippen MR) is 361 cm³/mol. The molecular formula is C76H143NO5. The summed E-state index contributed by atoms with van der Waals surface area (Å²) in [6.07, 6.45) is 93.2. The first-order valence-corrected chi connectivity index (χ1v) is 36.9.